The summed E-state index contributed by atoms with van der Waals surface area (Å²) in [7, 11) is 1.66. The normalized spacial score (nSPS) is 16.2. The first-order valence-corrected chi connectivity index (χ1v) is 8.24. The lowest BCUT2D eigenvalue weighted by Crippen LogP contribution is -2.21. The number of ether oxygens (including phenoxy) is 4. The lowest BCUT2D eigenvalue weighted by atomic mass is 10.1. The molecule has 3 rings (SSSR count). The first kappa shape index (κ1) is 17.5. The van der Waals surface area contributed by atoms with Crippen molar-refractivity contribution in [1.82, 2.24) is 4.98 Å². The molecule has 0 unspecified atom stereocenters. The zero-order valence-electron chi connectivity index (χ0n) is 14.7. The van der Waals surface area contributed by atoms with Gasteiger partial charge < -0.3 is 24.1 Å². The molecule has 0 saturated heterocycles. The van der Waals surface area contributed by atoms with Gasteiger partial charge in [-0.25, -0.2) is 4.98 Å². The Balaban J connectivity index is 1.64. The van der Waals surface area contributed by atoms with E-state index in [4.69, 9.17) is 18.9 Å². The van der Waals surface area contributed by atoms with E-state index in [1.165, 1.54) is 0 Å². The molecule has 1 N–H and O–H groups in total. The Morgan fingerprint density at radius 3 is 2.80 bits per heavy atom. The van der Waals surface area contributed by atoms with Gasteiger partial charge >= 0.3 is 0 Å². The number of para-hydroxylation sites is 1. The van der Waals surface area contributed by atoms with Crippen LogP contribution in [-0.2, 0) is 4.74 Å². The van der Waals surface area contributed by atoms with Crippen molar-refractivity contribution in [2.75, 3.05) is 20.3 Å². The van der Waals surface area contributed by atoms with Crippen molar-refractivity contribution in [1.29, 1.82) is 0 Å². The summed E-state index contributed by atoms with van der Waals surface area (Å²) in [6, 6.07) is 9.26. The van der Waals surface area contributed by atoms with Gasteiger partial charge in [-0.05, 0) is 26.0 Å². The van der Waals surface area contributed by atoms with Gasteiger partial charge in [0, 0.05) is 25.2 Å². The van der Waals surface area contributed by atoms with Gasteiger partial charge in [-0.15, -0.1) is 0 Å². The molecule has 1 aromatic carbocycles. The molecule has 0 aliphatic carbocycles. The van der Waals surface area contributed by atoms with Crippen molar-refractivity contribution in [3.63, 3.8) is 0 Å². The van der Waals surface area contributed by atoms with Crippen molar-refractivity contribution in [2.24, 2.45) is 0 Å². The van der Waals surface area contributed by atoms with Gasteiger partial charge in [0.15, 0.2) is 11.5 Å². The molecule has 0 spiro atoms. The Hall–Kier alpha value is -2.31. The highest BCUT2D eigenvalue weighted by Crippen LogP contribution is 2.42. The lowest BCUT2D eigenvalue weighted by Gasteiger charge is -2.16. The molecular formula is C19H23NO5. The second kappa shape index (κ2) is 7.29. The quantitative estimate of drug-likeness (QED) is 0.828. The van der Waals surface area contributed by atoms with Gasteiger partial charge in [0.25, 0.3) is 0 Å². The summed E-state index contributed by atoms with van der Waals surface area (Å²) in [5.41, 5.74) is 0.233. The van der Waals surface area contributed by atoms with Gasteiger partial charge in [0.1, 0.15) is 18.5 Å². The molecule has 1 aliphatic rings. The van der Waals surface area contributed by atoms with Crippen LogP contribution in [0.1, 0.15) is 31.9 Å². The van der Waals surface area contributed by atoms with Crippen LogP contribution in [0.3, 0.4) is 0 Å². The van der Waals surface area contributed by atoms with E-state index >= 15 is 0 Å². The number of fused-ring (bicyclic) bond motifs is 1. The number of hydrogen-bond donors (Lipinski definition) is 1. The number of nitrogens with zero attached hydrogens (tertiary/aromatic N) is 1. The number of methoxy groups -OCH3 is 1. The maximum absolute atomic E-state index is 9.68. The first-order chi connectivity index (χ1) is 12.0. The van der Waals surface area contributed by atoms with Gasteiger partial charge in [0.05, 0.1) is 18.4 Å². The number of rotatable bonds is 7. The van der Waals surface area contributed by atoms with Gasteiger partial charge in [0.2, 0.25) is 5.88 Å². The second-order valence-corrected chi connectivity index (χ2v) is 6.55. The van der Waals surface area contributed by atoms with E-state index in [2.05, 4.69) is 4.98 Å². The number of aromatic nitrogens is 1. The molecule has 0 radical (unpaired) electrons. The number of pyridine rings is 1. The SMILES string of the molecule is CO[C@@H]1COc2c(Oc3ccc(OCCC(C)(C)O)nc3)cccc21. The Morgan fingerprint density at radius 2 is 2.12 bits per heavy atom. The number of benzene rings is 1. The zero-order chi connectivity index (χ0) is 17.9. The van der Waals surface area contributed by atoms with Crippen LogP contribution in [0.2, 0.25) is 0 Å². The summed E-state index contributed by atoms with van der Waals surface area (Å²) in [6.07, 6.45) is 2.06. The van der Waals surface area contributed by atoms with Crippen LogP contribution >= 0.6 is 0 Å². The predicted molar refractivity (Wildman–Crippen MR) is 92.4 cm³/mol. The minimum atomic E-state index is -0.753. The second-order valence-electron chi connectivity index (χ2n) is 6.55. The molecule has 2 heterocycles. The molecule has 1 aromatic heterocycles. The Kier molecular flexibility index (Phi) is 5.11. The molecule has 25 heavy (non-hydrogen) atoms. The lowest BCUT2D eigenvalue weighted by molar-refractivity contribution is 0.0547. The fourth-order valence-electron chi connectivity index (χ4n) is 2.51. The van der Waals surface area contributed by atoms with Crippen molar-refractivity contribution in [3.05, 3.63) is 42.1 Å². The average Bonchev–Trinajstić information content (AvgIpc) is 2.99. The van der Waals surface area contributed by atoms with E-state index in [0.717, 1.165) is 5.56 Å². The smallest absolute Gasteiger partial charge is 0.213 e. The van der Waals surface area contributed by atoms with Crippen LogP contribution in [0.15, 0.2) is 36.5 Å². The molecule has 1 atom stereocenters. The highest BCUT2D eigenvalue weighted by atomic mass is 16.6. The van der Waals surface area contributed by atoms with Crippen molar-refractivity contribution >= 4 is 0 Å². The van der Waals surface area contributed by atoms with E-state index in [0.29, 0.717) is 42.8 Å². The van der Waals surface area contributed by atoms with Crippen LogP contribution in [0.25, 0.3) is 0 Å². The van der Waals surface area contributed by atoms with Gasteiger partial charge in [-0.2, -0.15) is 0 Å². The molecular weight excluding hydrogens is 322 g/mol. The fourth-order valence-corrected chi connectivity index (χ4v) is 2.51. The molecule has 0 amide bonds. The molecule has 2 aromatic rings. The van der Waals surface area contributed by atoms with E-state index in [1.54, 1.807) is 39.3 Å². The summed E-state index contributed by atoms with van der Waals surface area (Å²) in [5.74, 6) is 2.42. The summed E-state index contributed by atoms with van der Waals surface area (Å²) in [6.45, 7) is 4.37. The highest BCUT2D eigenvalue weighted by Gasteiger charge is 2.27. The molecule has 134 valence electrons. The van der Waals surface area contributed by atoms with Gasteiger partial charge in [-0.1, -0.05) is 12.1 Å². The average molecular weight is 345 g/mol. The Morgan fingerprint density at radius 1 is 1.28 bits per heavy atom. The fraction of sp³-hybridized carbons (Fsp3) is 0.421. The van der Waals surface area contributed by atoms with Crippen molar-refractivity contribution in [3.8, 4) is 23.1 Å². The molecule has 0 saturated carbocycles. The van der Waals surface area contributed by atoms with E-state index < -0.39 is 5.60 Å². The van der Waals surface area contributed by atoms with Crippen LogP contribution < -0.4 is 14.2 Å². The minimum Gasteiger partial charge on any atom is -0.486 e. The molecule has 0 fully saturated rings. The minimum absolute atomic E-state index is 0.0665. The maximum Gasteiger partial charge on any atom is 0.213 e. The zero-order valence-corrected chi connectivity index (χ0v) is 14.7. The van der Waals surface area contributed by atoms with Crippen LogP contribution in [0.5, 0.6) is 23.1 Å². The largest absolute Gasteiger partial charge is 0.486 e. The maximum atomic E-state index is 9.68. The topological polar surface area (TPSA) is 70.0 Å². The third-order valence-corrected chi connectivity index (χ3v) is 3.92. The molecule has 6 nitrogen and oxygen atoms in total. The van der Waals surface area contributed by atoms with E-state index in [1.807, 2.05) is 18.2 Å². The third kappa shape index (κ3) is 4.41. The van der Waals surface area contributed by atoms with Crippen LogP contribution in [0.4, 0.5) is 0 Å². The van der Waals surface area contributed by atoms with E-state index in [9.17, 15) is 5.11 Å². The molecule has 1 aliphatic heterocycles. The Bertz CT molecular complexity index is 709. The third-order valence-electron chi connectivity index (χ3n) is 3.92. The van der Waals surface area contributed by atoms with Crippen LogP contribution in [-0.4, -0.2) is 36.0 Å². The van der Waals surface area contributed by atoms with Crippen molar-refractivity contribution < 1.29 is 24.1 Å². The standard InChI is InChI=1S/C19H23NO5/c1-19(2,21)9-10-23-17-8-7-13(11-20-17)25-15-6-4-5-14-16(22-3)12-24-18(14)15/h4-8,11,16,21H,9-10,12H2,1-3H3/t16-/m1/s1. The summed E-state index contributed by atoms with van der Waals surface area (Å²) >= 11 is 0. The predicted octanol–water partition coefficient (Wildman–Crippen LogP) is 3.49. The van der Waals surface area contributed by atoms with Gasteiger partial charge in [-0.3, -0.25) is 0 Å². The molecule has 6 heteroatoms. The van der Waals surface area contributed by atoms with Crippen molar-refractivity contribution in [2.45, 2.75) is 32.0 Å². The van der Waals surface area contributed by atoms with Crippen LogP contribution in [0, 0.1) is 0 Å². The molecule has 0 bridgehead atoms. The summed E-state index contributed by atoms with van der Waals surface area (Å²) < 4.78 is 22.5. The summed E-state index contributed by atoms with van der Waals surface area (Å²) in [5, 5.41) is 9.68. The van der Waals surface area contributed by atoms with E-state index in [-0.39, 0.29) is 6.10 Å². The highest BCUT2D eigenvalue weighted by molar-refractivity contribution is 5.51. The Labute approximate surface area is 147 Å². The monoisotopic (exact) mass is 345 g/mol. The first-order valence-electron chi connectivity index (χ1n) is 8.24. The number of hydrogen-bond acceptors (Lipinski definition) is 6. The number of aliphatic hydroxyl groups is 1. The summed E-state index contributed by atoms with van der Waals surface area (Å²) in [4.78, 5) is 4.22.